The van der Waals surface area contributed by atoms with Gasteiger partial charge in [-0.2, -0.15) is 0 Å². The minimum absolute atomic E-state index is 0.0352. The van der Waals surface area contributed by atoms with Crippen molar-refractivity contribution in [1.82, 2.24) is 4.72 Å². The Morgan fingerprint density at radius 3 is 2.32 bits per heavy atom. The summed E-state index contributed by atoms with van der Waals surface area (Å²) in [5, 5.41) is 7.63. The van der Waals surface area contributed by atoms with Crippen molar-refractivity contribution in [1.29, 1.82) is 0 Å². The van der Waals surface area contributed by atoms with Crippen LogP contribution in [0.5, 0.6) is 0 Å². The third kappa shape index (κ3) is 4.67. The zero-order chi connectivity index (χ0) is 14.7. The van der Waals surface area contributed by atoms with Gasteiger partial charge in [0.2, 0.25) is 20.0 Å². The number of sulfonamides is 2. The van der Waals surface area contributed by atoms with Crippen molar-refractivity contribution in [3.8, 4) is 0 Å². The number of nitrogen functional groups attached to an aromatic ring is 1. The molecule has 1 aromatic rings. The Labute approximate surface area is 112 Å². The molecule has 0 radical (unpaired) electrons. The highest BCUT2D eigenvalue weighted by atomic mass is 32.2. The van der Waals surface area contributed by atoms with Crippen LogP contribution in [0, 0.1) is 0 Å². The molecule has 0 aromatic heterocycles. The summed E-state index contributed by atoms with van der Waals surface area (Å²) in [4.78, 5) is -0.0352. The van der Waals surface area contributed by atoms with Crippen LogP contribution in [0.3, 0.4) is 0 Å². The number of anilines is 2. The second kappa shape index (κ2) is 5.74. The van der Waals surface area contributed by atoms with Gasteiger partial charge < -0.3 is 11.1 Å². The van der Waals surface area contributed by atoms with E-state index in [1.165, 1.54) is 25.2 Å². The molecule has 0 aliphatic rings. The van der Waals surface area contributed by atoms with Gasteiger partial charge in [0.1, 0.15) is 4.90 Å². The van der Waals surface area contributed by atoms with E-state index in [0.29, 0.717) is 5.69 Å². The molecule has 19 heavy (non-hydrogen) atoms. The Morgan fingerprint density at radius 1 is 1.21 bits per heavy atom. The molecule has 0 unspecified atom stereocenters. The molecule has 0 saturated carbocycles. The molecule has 0 atom stereocenters. The Balaban J connectivity index is 2.84. The zero-order valence-electron chi connectivity index (χ0n) is 10.3. The molecule has 6 N–H and O–H groups in total. The summed E-state index contributed by atoms with van der Waals surface area (Å²) in [5.74, 6) is -0.233. The van der Waals surface area contributed by atoms with Crippen LogP contribution < -0.4 is 20.9 Å². The van der Waals surface area contributed by atoms with Crippen molar-refractivity contribution in [3.63, 3.8) is 0 Å². The van der Waals surface area contributed by atoms with E-state index >= 15 is 0 Å². The van der Waals surface area contributed by atoms with Gasteiger partial charge in [-0.3, -0.25) is 0 Å². The summed E-state index contributed by atoms with van der Waals surface area (Å²) in [6.07, 6.45) is 0. The third-order valence-corrected chi connectivity index (χ3v) is 4.55. The highest BCUT2D eigenvalue weighted by Crippen LogP contribution is 2.21. The standard InChI is InChI=1S/C9H16N4O4S2/c1-12-19(16,17)9-3-2-7(6-8(9)10)13-4-5-18(11,14)15/h2-3,6,12-13H,4-5,10H2,1H3,(H2,11,14,15). The van der Waals surface area contributed by atoms with Gasteiger partial charge in [-0.05, 0) is 25.2 Å². The molecule has 8 nitrogen and oxygen atoms in total. The smallest absolute Gasteiger partial charge is 0.242 e. The zero-order valence-corrected chi connectivity index (χ0v) is 11.9. The number of hydrogen-bond donors (Lipinski definition) is 4. The minimum Gasteiger partial charge on any atom is -0.398 e. The van der Waals surface area contributed by atoms with Crippen LogP contribution in [0.15, 0.2) is 23.1 Å². The van der Waals surface area contributed by atoms with Crippen molar-refractivity contribution in [2.24, 2.45) is 5.14 Å². The molecular formula is C9H16N4O4S2. The Bertz CT molecular complexity index is 655. The molecule has 1 aromatic carbocycles. The minimum atomic E-state index is -3.61. The SMILES string of the molecule is CNS(=O)(=O)c1ccc(NCCS(N)(=O)=O)cc1N. The van der Waals surface area contributed by atoms with E-state index in [0.717, 1.165) is 0 Å². The molecule has 10 heteroatoms. The summed E-state index contributed by atoms with van der Waals surface area (Å²) in [5.41, 5.74) is 6.21. The molecule has 0 aliphatic carbocycles. The molecule has 0 aliphatic heterocycles. The second-order valence-electron chi connectivity index (χ2n) is 3.75. The van der Waals surface area contributed by atoms with Crippen molar-refractivity contribution in [2.75, 3.05) is 30.4 Å². The van der Waals surface area contributed by atoms with Gasteiger partial charge >= 0.3 is 0 Å². The first kappa shape index (κ1) is 15.7. The Hall–Kier alpha value is -1.36. The number of primary sulfonamides is 1. The van der Waals surface area contributed by atoms with Gasteiger partial charge in [-0.1, -0.05) is 0 Å². The first-order valence-electron chi connectivity index (χ1n) is 5.23. The predicted octanol–water partition coefficient (Wildman–Crippen LogP) is -1.12. The monoisotopic (exact) mass is 308 g/mol. The number of hydrogen-bond acceptors (Lipinski definition) is 6. The topological polar surface area (TPSA) is 144 Å². The van der Waals surface area contributed by atoms with Gasteiger partial charge in [0.05, 0.1) is 11.4 Å². The number of rotatable bonds is 6. The van der Waals surface area contributed by atoms with Gasteiger partial charge in [0, 0.05) is 12.2 Å². The summed E-state index contributed by atoms with van der Waals surface area (Å²) in [6.45, 7) is 0.108. The van der Waals surface area contributed by atoms with E-state index in [9.17, 15) is 16.8 Å². The molecule has 0 heterocycles. The molecule has 108 valence electrons. The summed E-state index contributed by atoms with van der Waals surface area (Å²) in [6, 6.07) is 4.23. The first-order chi connectivity index (χ1) is 8.65. The molecular weight excluding hydrogens is 292 g/mol. The first-order valence-corrected chi connectivity index (χ1v) is 8.43. The van der Waals surface area contributed by atoms with Crippen molar-refractivity contribution < 1.29 is 16.8 Å². The van der Waals surface area contributed by atoms with Crippen LogP contribution in [-0.4, -0.2) is 36.2 Å². The highest BCUT2D eigenvalue weighted by Gasteiger charge is 2.15. The van der Waals surface area contributed by atoms with E-state index in [-0.39, 0.29) is 22.9 Å². The fourth-order valence-electron chi connectivity index (χ4n) is 1.35. The van der Waals surface area contributed by atoms with Crippen LogP contribution in [0.25, 0.3) is 0 Å². The molecule has 0 spiro atoms. The molecule has 0 amide bonds. The van der Waals surface area contributed by atoms with Gasteiger partial charge in [0.25, 0.3) is 0 Å². The van der Waals surface area contributed by atoms with E-state index in [1.54, 1.807) is 0 Å². The van der Waals surface area contributed by atoms with Crippen molar-refractivity contribution in [2.45, 2.75) is 4.90 Å². The largest absolute Gasteiger partial charge is 0.398 e. The lowest BCUT2D eigenvalue weighted by atomic mass is 10.3. The number of nitrogens with one attached hydrogen (secondary N) is 2. The molecule has 0 fully saturated rings. The van der Waals surface area contributed by atoms with Gasteiger partial charge in [0.15, 0.2) is 0 Å². The lowest BCUT2D eigenvalue weighted by Crippen LogP contribution is -2.22. The molecule has 1 rings (SSSR count). The van der Waals surface area contributed by atoms with Gasteiger partial charge in [-0.15, -0.1) is 0 Å². The average molecular weight is 308 g/mol. The van der Waals surface area contributed by atoms with Crippen LogP contribution in [0.2, 0.25) is 0 Å². The Morgan fingerprint density at radius 2 is 1.84 bits per heavy atom. The van der Waals surface area contributed by atoms with Crippen molar-refractivity contribution in [3.05, 3.63) is 18.2 Å². The normalized spacial score (nSPS) is 12.3. The predicted molar refractivity (Wildman–Crippen MR) is 73.6 cm³/mol. The van der Waals surface area contributed by atoms with E-state index < -0.39 is 20.0 Å². The maximum atomic E-state index is 11.6. The fourth-order valence-corrected chi connectivity index (χ4v) is 2.57. The van der Waals surface area contributed by atoms with Crippen LogP contribution in [0.1, 0.15) is 0 Å². The molecule has 0 saturated heterocycles. The Kier molecular flexibility index (Phi) is 4.74. The van der Waals surface area contributed by atoms with E-state index in [2.05, 4.69) is 10.0 Å². The van der Waals surface area contributed by atoms with E-state index in [1.807, 2.05) is 0 Å². The highest BCUT2D eigenvalue weighted by molar-refractivity contribution is 7.89. The summed E-state index contributed by atoms with van der Waals surface area (Å²) < 4.78 is 46.8. The van der Waals surface area contributed by atoms with Crippen LogP contribution in [0.4, 0.5) is 11.4 Å². The third-order valence-electron chi connectivity index (χ3n) is 2.28. The quantitative estimate of drug-likeness (QED) is 0.490. The summed E-state index contributed by atoms with van der Waals surface area (Å²) in [7, 11) is -5.86. The lowest BCUT2D eigenvalue weighted by molar-refractivity contribution is 0.588. The lowest BCUT2D eigenvalue weighted by Gasteiger charge is -2.10. The maximum absolute atomic E-state index is 11.6. The second-order valence-corrected chi connectivity index (χ2v) is 7.34. The van der Waals surface area contributed by atoms with Crippen molar-refractivity contribution >= 4 is 31.4 Å². The molecule has 0 bridgehead atoms. The number of nitrogens with two attached hydrogens (primary N) is 2. The number of benzene rings is 1. The summed E-state index contributed by atoms with van der Waals surface area (Å²) >= 11 is 0. The average Bonchev–Trinajstić information content (AvgIpc) is 2.27. The van der Waals surface area contributed by atoms with Crippen LogP contribution >= 0.6 is 0 Å². The van der Waals surface area contributed by atoms with Crippen LogP contribution in [-0.2, 0) is 20.0 Å². The van der Waals surface area contributed by atoms with E-state index in [4.69, 9.17) is 10.9 Å². The van der Waals surface area contributed by atoms with Gasteiger partial charge in [-0.25, -0.2) is 26.7 Å². The fraction of sp³-hybridized carbons (Fsp3) is 0.333. The maximum Gasteiger partial charge on any atom is 0.242 e.